The smallest absolute Gasteiger partial charge is 0.255 e. The van der Waals surface area contributed by atoms with Crippen LogP contribution in [0.3, 0.4) is 0 Å². The fourth-order valence-electron chi connectivity index (χ4n) is 4.25. The summed E-state index contributed by atoms with van der Waals surface area (Å²) in [5.74, 6) is 0.800. The van der Waals surface area contributed by atoms with Crippen LogP contribution in [-0.2, 0) is 13.0 Å². The van der Waals surface area contributed by atoms with Gasteiger partial charge in [-0.3, -0.25) is 14.5 Å². The van der Waals surface area contributed by atoms with E-state index in [0.717, 1.165) is 28.6 Å². The first-order chi connectivity index (χ1) is 17.8. The molecule has 0 bridgehead atoms. The second-order valence-electron chi connectivity index (χ2n) is 10.1. The van der Waals surface area contributed by atoms with Crippen LogP contribution >= 0.6 is 0 Å². The molecule has 1 saturated carbocycles. The number of rotatable bonds is 10. The van der Waals surface area contributed by atoms with E-state index in [-0.39, 0.29) is 24.3 Å². The maximum Gasteiger partial charge on any atom is 0.255 e. The van der Waals surface area contributed by atoms with Crippen LogP contribution < -0.4 is 10.1 Å². The lowest BCUT2D eigenvalue weighted by Gasteiger charge is -2.23. The van der Waals surface area contributed by atoms with E-state index in [1.165, 1.54) is 25.0 Å². The van der Waals surface area contributed by atoms with Crippen LogP contribution in [0.1, 0.15) is 46.9 Å². The van der Waals surface area contributed by atoms with E-state index < -0.39 is 11.5 Å². The highest BCUT2D eigenvalue weighted by atomic mass is 16.5. The Morgan fingerprint density at radius 1 is 1.24 bits per heavy atom. The summed E-state index contributed by atoms with van der Waals surface area (Å²) < 4.78 is 7.68. The maximum absolute atomic E-state index is 12.4. The first-order valence-electron chi connectivity index (χ1n) is 12.5. The van der Waals surface area contributed by atoms with E-state index >= 15 is 0 Å². The summed E-state index contributed by atoms with van der Waals surface area (Å²) in [6.07, 6.45) is 8.10. The standard InChI is InChI=1S/C28H31N5O4/c1-18-11-20(13-30-27(18)37-16-19-7-8-19)14-33-15-22-23(32-33)9-10-29-24(22)12-28(2,36)17-31-26(35)21-5-3-4-6-25(21)34/h3-6,9-11,13,15,19,34,36H,7-8,12,14,16-17H2,1-2H3,(H,31,35). The van der Waals surface area contributed by atoms with Crippen molar-refractivity contribution >= 4 is 16.8 Å². The molecular formula is C28H31N5O4. The molecule has 3 N–H and O–H groups in total. The van der Waals surface area contributed by atoms with Gasteiger partial charge < -0.3 is 20.3 Å². The summed E-state index contributed by atoms with van der Waals surface area (Å²) in [5.41, 5.74) is 2.36. The van der Waals surface area contributed by atoms with Gasteiger partial charge >= 0.3 is 0 Å². The molecule has 0 radical (unpaired) electrons. The highest BCUT2D eigenvalue weighted by Gasteiger charge is 2.25. The molecule has 4 aromatic rings. The van der Waals surface area contributed by atoms with Crippen molar-refractivity contribution in [1.82, 2.24) is 25.1 Å². The number of ether oxygens (including phenoxy) is 1. The number of aromatic hydroxyl groups is 1. The van der Waals surface area contributed by atoms with Crippen LogP contribution in [0.5, 0.6) is 11.6 Å². The van der Waals surface area contributed by atoms with Crippen molar-refractivity contribution in [3.63, 3.8) is 0 Å². The van der Waals surface area contributed by atoms with Crippen molar-refractivity contribution < 1.29 is 19.7 Å². The van der Waals surface area contributed by atoms with E-state index in [9.17, 15) is 15.0 Å². The number of carbonyl (C=O) groups excluding carboxylic acids is 1. The number of aromatic nitrogens is 4. The average Bonchev–Trinajstić information content (AvgIpc) is 3.60. The Labute approximate surface area is 215 Å². The molecule has 1 amide bonds. The van der Waals surface area contributed by atoms with Gasteiger partial charge in [-0.1, -0.05) is 12.1 Å². The van der Waals surface area contributed by atoms with Gasteiger partial charge in [0.25, 0.3) is 5.91 Å². The van der Waals surface area contributed by atoms with Crippen molar-refractivity contribution in [3.8, 4) is 11.6 Å². The largest absolute Gasteiger partial charge is 0.507 e. The average molecular weight is 502 g/mol. The number of carbonyl (C=O) groups is 1. The minimum absolute atomic E-state index is 0.00746. The van der Waals surface area contributed by atoms with Gasteiger partial charge in [0, 0.05) is 42.5 Å². The molecule has 9 heteroatoms. The number of fused-ring (bicyclic) bond motifs is 1. The van der Waals surface area contributed by atoms with E-state index in [2.05, 4.69) is 26.4 Å². The number of pyridine rings is 2. The lowest BCUT2D eigenvalue weighted by atomic mass is 9.98. The zero-order valence-electron chi connectivity index (χ0n) is 21.0. The zero-order chi connectivity index (χ0) is 26.0. The predicted octanol–water partition coefficient (Wildman–Crippen LogP) is 3.40. The Balaban J connectivity index is 1.26. The monoisotopic (exact) mass is 501 g/mol. The molecule has 3 heterocycles. The van der Waals surface area contributed by atoms with Crippen LogP contribution in [0, 0.1) is 12.8 Å². The number of benzene rings is 1. The Hall–Kier alpha value is -3.98. The lowest BCUT2D eigenvalue weighted by Crippen LogP contribution is -2.42. The topological polar surface area (TPSA) is 122 Å². The number of phenolic OH excluding ortho intramolecular Hbond substituents is 1. The van der Waals surface area contributed by atoms with Crippen molar-refractivity contribution in [2.24, 2.45) is 5.92 Å². The third kappa shape index (κ3) is 6.06. The van der Waals surface area contributed by atoms with Crippen LogP contribution in [0.2, 0.25) is 0 Å². The fraction of sp³-hybridized carbons (Fsp3) is 0.357. The highest BCUT2D eigenvalue weighted by Crippen LogP contribution is 2.30. The fourth-order valence-corrected chi connectivity index (χ4v) is 4.25. The van der Waals surface area contributed by atoms with Gasteiger partial charge in [-0.05, 0) is 62.4 Å². The maximum atomic E-state index is 12.4. The van der Waals surface area contributed by atoms with Gasteiger partial charge in [-0.2, -0.15) is 5.10 Å². The van der Waals surface area contributed by atoms with E-state index in [1.807, 2.05) is 30.1 Å². The van der Waals surface area contributed by atoms with E-state index in [0.29, 0.717) is 24.0 Å². The van der Waals surface area contributed by atoms with Crippen molar-refractivity contribution in [3.05, 3.63) is 77.4 Å². The number of aliphatic hydroxyl groups is 1. The SMILES string of the molecule is Cc1cc(Cn2cc3c(CC(C)(O)CNC(=O)c4ccccc4O)nccc3n2)cnc1OCC1CC1. The number of phenols is 1. The third-order valence-electron chi connectivity index (χ3n) is 6.47. The first kappa shape index (κ1) is 24.7. The molecule has 3 aromatic heterocycles. The summed E-state index contributed by atoms with van der Waals surface area (Å²) >= 11 is 0. The van der Waals surface area contributed by atoms with Gasteiger partial charge in [-0.15, -0.1) is 0 Å². The van der Waals surface area contributed by atoms with Crippen molar-refractivity contribution in [2.75, 3.05) is 13.2 Å². The minimum Gasteiger partial charge on any atom is -0.507 e. The molecule has 1 unspecified atom stereocenters. The summed E-state index contributed by atoms with van der Waals surface area (Å²) in [4.78, 5) is 21.4. The molecule has 37 heavy (non-hydrogen) atoms. The number of para-hydroxylation sites is 1. The Kier molecular flexibility index (Phi) is 6.80. The van der Waals surface area contributed by atoms with Gasteiger partial charge in [0.1, 0.15) is 5.75 Å². The Morgan fingerprint density at radius 2 is 2.05 bits per heavy atom. The van der Waals surface area contributed by atoms with Gasteiger partial charge in [0.05, 0.1) is 35.5 Å². The third-order valence-corrected chi connectivity index (χ3v) is 6.47. The molecule has 1 aliphatic carbocycles. The molecule has 1 aliphatic rings. The molecule has 1 atom stereocenters. The Bertz CT molecular complexity index is 1430. The minimum atomic E-state index is -1.26. The van der Waals surface area contributed by atoms with E-state index in [1.54, 1.807) is 25.3 Å². The molecule has 0 spiro atoms. The first-order valence-corrected chi connectivity index (χ1v) is 12.5. The second-order valence-corrected chi connectivity index (χ2v) is 10.1. The van der Waals surface area contributed by atoms with Gasteiger partial charge in [-0.25, -0.2) is 4.98 Å². The molecule has 1 aromatic carbocycles. The zero-order valence-corrected chi connectivity index (χ0v) is 21.0. The van der Waals surface area contributed by atoms with Crippen LogP contribution in [0.25, 0.3) is 10.9 Å². The van der Waals surface area contributed by atoms with Gasteiger partial charge in [0.2, 0.25) is 5.88 Å². The second kappa shape index (κ2) is 10.2. The summed E-state index contributed by atoms with van der Waals surface area (Å²) in [7, 11) is 0. The van der Waals surface area contributed by atoms with Crippen LogP contribution in [0.4, 0.5) is 0 Å². The molecule has 9 nitrogen and oxygen atoms in total. The summed E-state index contributed by atoms with van der Waals surface area (Å²) in [5, 5.41) is 29.1. The molecule has 0 saturated heterocycles. The summed E-state index contributed by atoms with van der Waals surface area (Å²) in [6, 6.07) is 10.2. The van der Waals surface area contributed by atoms with Crippen LogP contribution in [-0.4, -0.2) is 54.6 Å². The molecule has 0 aliphatic heterocycles. The number of amides is 1. The highest BCUT2D eigenvalue weighted by molar-refractivity contribution is 5.96. The molecule has 5 rings (SSSR count). The molecule has 192 valence electrons. The van der Waals surface area contributed by atoms with Crippen molar-refractivity contribution in [1.29, 1.82) is 0 Å². The number of hydrogen-bond acceptors (Lipinski definition) is 7. The quantitative estimate of drug-likeness (QED) is 0.304. The normalized spacial score (nSPS) is 14.9. The molecule has 1 fully saturated rings. The lowest BCUT2D eigenvalue weighted by molar-refractivity contribution is 0.0547. The van der Waals surface area contributed by atoms with E-state index in [4.69, 9.17) is 4.74 Å². The number of nitrogens with zero attached hydrogens (tertiary/aromatic N) is 4. The number of aryl methyl sites for hydroxylation is 1. The van der Waals surface area contributed by atoms with Crippen LogP contribution in [0.15, 0.2) is 55.0 Å². The summed E-state index contributed by atoms with van der Waals surface area (Å²) in [6.45, 7) is 4.91. The van der Waals surface area contributed by atoms with Crippen molar-refractivity contribution in [2.45, 2.75) is 45.3 Å². The molecular weight excluding hydrogens is 470 g/mol. The van der Waals surface area contributed by atoms with Gasteiger partial charge in [0.15, 0.2) is 0 Å². The number of nitrogens with one attached hydrogen (secondary N) is 1. The Morgan fingerprint density at radius 3 is 2.81 bits per heavy atom. The predicted molar refractivity (Wildman–Crippen MR) is 139 cm³/mol. The number of hydrogen-bond donors (Lipinski definition) is 3.